The molecule has 7 nitrogen and oxygen atoms in total. The summed E-state index contributed by atoms with van der Waals surface area (Å²) in [6.07, 6.45) is 2.84. The van der Waals surface area contributed by atoms with E-state index in [2.05, 4.69) is 16.3 Å². The van der Waals surface area contributed by atoms with Crippen LogP contribution in [0.25, 0.3) is 11.5 Å². The summed E-state index contributed by atoms with van der Waals surface area (Å²) in [6.45, 7) is 2.85. The van der Waals surface area contributed by atoms with Gasteiger partial charge < -0.3 is 4.42 Å². The second-order valence-electron chi connectivity index (χ2n) is 5.75. The Hall–Kier alpha value is -1.89. The van der Waals surface area contributed by atoms with E-state index in [4.69, 9.17) is 9.68 Å². The SMILES string of the molecule is C[C@H](C#N)Sc1nnc(-c2cccc(S(=O)(=O)N3CCCCC3)c2)o1. The molecule has 2 heterocycles. The van der Waals surface area contributed by atoms with Gasteiger partial charge in [-0.1, -0.05) is 12.5 Å². The number of hydrogen-bond acceptors (Lipinski definition) is 7. The van der Waals surface area contributed by atoms with Gasteiger partial charge in [-0.05, 0) is 49.7 Å². The third kappa shape index (κ3) is 4.03. The van der Waals surface area contributed by atoms with Crippen molar-refractivity contribution in [2.75, 3.05) is 13.1 Å². The molecule has 0 saturated carbocycles. The maximum Gasteiger partial charge on any atom is 0.278 e. The summed E-state index contributed by atoms with van der Waals surface area (Å²) in [5.74, 6) is 0.239. The van der Waals surface area contributed by atoms with Gasteiger partial charge in [0.25, 0.3) is 5.22 Å². The Kier molecular flexibility index (Phi) is 5.42. The molecule has 1 fully saturated rings. The summed E-state index contributed by atoms with van der Waals surface area (Å²) in [5, 5.41) is 16.7. The van der Waals surface area contributed by atoms with Gasteiger partial charge in [-0.15, -0.1) is 10.2 Å². The molecule has 1 saturated heterocycles. The zero-order valence-electron chi connectivity index (χ0n) is 13.8. The van der Waals surface area contributed by atoms with Gasteiger partial charge in [0.15, 0.2) is 0 Å². The predicted octanol–water partition coefficient (Wildman–Crippen LogP) is 2.92. The average molecular weight is 378 g/mol. The molecule has 0 N–H and O–H groups in total. The third-order valence-corrected chi connectivity index (χ3v) is 6.62. The summed E-state index contributed by atoms with van der Waals surface area (Å²) in [5.41, 5.74) is 0.544. The van der Waals surface area contributed by atoms with Crippen LogP contribution in [0.15, 0.2) is 38.8 Å². The van der Waals surface area contributed by atoms with Crippen molar-refractivity contribution in [2.45, 2.75) is 41.6 Å². The lowest BCUT2D eigenvalue weighted by Crippen LogP contribution is -2.35. The zero-order chi connectivity index (χ0) is 17.9. The first-order valence-corrected chi connectivity index (χ1v) is 10.3. The third-order valence-electron chi connectivity index (χ3n) is 3.90. The van der Waals surface area contributed by atoms with E-state index < -0.39 is 10.0 Å². The lowest BCUT2D eigenvalue weighted by Gasteiger charge is -2.25. The van der Waals surface area contributed by atoms with Crippen molar-refractivity contribution in [2.24, 2.45) is 0 Å². The van der Waals surface area contributed by atoms with E-state index in [1.165, 1.54) is 4.31 Å². The monoisotopic (exact) mass is 378 g/mol. The fourth-order valence-electron chi connectivity index (χ4n) is 2.60. The Bertz CT molecular complexity index is 883. The van der Waals surface area contributed by atoms with E-state index in [0.29, 0.717) is 18.7 Å². The fourth-order valence-corrected chi connectivity index (χ4v) is 4.73. The molecular formula is C16H18N4O3S2. The topological polar surface area (TPSA) is 100 Å². The molecule has 1 aromatic heterocycles. The molecule has 25 heavy (non-hydrogen) atoms. The smallest absolute Gasteiger partial charge is 0.278 e. The molecule has 9 heteroatoms. The van der Waals surface area contributed by atoms with Gasteiger partial charge in [0.1, 0.15) is 0 Å². The Balaban J connectivity index is 1.85. The Morgan fingerprint density at radius 2 is 2.04 bits per heavy atom. The van der Waals surface area contributed by atoms with E-state index in [1.54, 1.807) is 31.2 Å². The van der Waals surface area contributed by atoms with Gasteiger partial charge in [-0.25, -0.2) is 8.42 Å². The van der Waals surface area contributed by atoms with E-state index in [0.717, 1.165) is 31.0 Å². The molecule has 132 valence electrons. The van der Waals surface area contributed by atoms with Crippen LogP contribution in [-0.2, 0) is 10.0 Å². The highest BCUT2D eigenvalue weighted by Gasteiger charge is 2.26. The van der Waals surface area contributed by atoms with Crippen molar-refractivity contribution < 1.29 is 12.8 Å². The van der Waals surface area contributed by atoms with Gasteiger partial charge in [0.2, 0.25) is 15.9 Å². The molecule has 0 radical (unpaired) electrons. The largest absolute Gasteiger partial charge is 0.411 e. The lowest BCUT2D eigenvalue weighted by molar-refractivity contribution is 0.346. The van der Waals surface area contributed by atoms with Crippen molar-refractivity contribution in [3.8, 4) is 17.5 Å². The first-order valence-electron chi connectivity index (χ1n) is 8.01. The number of nitrogens with zero attached hydrogens (tertiary/aromatic N) is 4. The second kappa shape index (κ2) is 7.56. The maximum absolute atomic E-state index is 12.8. The molecule has 1 aromatic carbocycles. The molecule has 1 aliphatic rings. The molecule has 1 atom stereocenters. The molecule has 2 aromatic rings. The molecule has 0 bridgehead atoms. The summed E-state index contributed by atoms with van der Waals surface area (Å²) < 4.78 is 32.6. The van der Waals surface area contributed by atoms with Crippen LogP contribution in [0, 0.1) is 11.3 Å². The van der Waals surface area contributed by atoms with Crippen LogP contribution in [0.2, 0.25) is 0 Å². The first kappa shape index (κ1) is 17.9. The minimum Gasteiger partial charge on any atom is -0.411 e. The minimum atomic E-state index is -3.51. The summed E-state index contributed by atoms with van der Waals surface area (Å²) >= 11 is 1.16. The quantitative estimate of drug-likeness (QED) is 0.737. The molecule has 0 unspecified atom stereocenters. The summed E-state index contributed by atoms with van der Waals surface area (Å²) in [7, 11) is -3.51. The number of benzene rings is 1. The summed E-state index contributed by atoms with van der Waals surface area (Å²) in [4.78, 5) is 0.227. The number of piperidine rings is 1. The normalized spacial score (nSPS) is 17.1. The van der Waals surface area contributed by atoms with Crippen LogP contribution in [0.5, 0.6) is 0 Å². The predicted molar refractivity (Wildman–Crippen MR) is 93.3 cm³/mol. The summed E-state index contributed by atoms with van der Waals surface area (Å²) in [6, 6.07) is 8.61. The number of nitriles is 1. The fraction of sp³-hybridized carbons (Fsp3) is 0.438. The van der Waals surface area contributed by atoms with Gasteiger partial charge in [0.05, 0.1) is 16.2 Å². The lowest BCUT2D eigenvalue weighted by atomic mass is 10.2. The first-order chi connectivity index (χ1) is 12.0. The van der Waals surface area contributed by atoms with Gasteiger partial charge >= 0.3 is 0 Å². The Labute approximate surface area is 151 Å². The highest BCUT2D eigenvalue weighted by Crippen LogP contribution is 2.28. The Morgan fingerprint density at radius 3 is 2.76 bits per heavy atom. The van der Waals surface area contributed by atoms with Crippen molar-refractivity contribution in [3.63, 3.8) is 0 Å². The van der Waals surface area contributed by atoms with Crippen molar-refractivity contribution in [1.82, 2.24) is 14.5 Å². The minimum absolute atomic E-state index is 0.227. The van der Waals surface area contributed by atoms with Crippen molar-refractivity contribution in [1.29, 1.82) is 5.26 Å². The van der Waals surface area contributed by atoms with Crippen LogP contribution in [0.1, 0.15) is 26.2 Å². The van der Waals surface area contributed by atoms with Crippen molar-refractivity contribution >= 4 is 21.8 Å². The molecular weight excluding hydrogens is 360 g/mol. The van der Waals surface area contributed by atoms with E-state index in [-0.39, 0.29) is 21.3 Å². The van der Waals surface area contributed by atoms with Crippen LogP contribution < -0.4 is 0 Å². The highest BCUT2D eigenvalue weighted by atomic mass is 32.2. The average Bonchev–Trinajstić information content (AvgIpc) is 3.11. The van der Waals surface area contributed by atoms with Gasteiger partial charge in [0, 0.05) is 18.7 Å². The zero-order valence-corrected chi connectivity index (χ0v) is 15.4. The van der Waals surface area contributed by atoms with E-state index in [9.17, 15) is 8.42 Å². The van der Waals surface area contributed by atoms with E-state index >= 15 is 0 Å². The van der Waals surface area contributed by atoms with Crippen LogP contribution >= 0.6 is 11.8 Å². The number of sulfonamides is 1. The maximum atomic E-state index is 12.8. The van der Waals surface area contributed by atoms with Crippen molar-refractivity contribution in [3.05, 3.63) is 24.3 Å². The number of hydrogen-bond donors (Lipinski definition) is 0. The second-order valence-corrected chi connectivity index (χ2v) is 8.98. The van der Waals surface area contributed by atoms with Crippen LogP contribution in [0.3, 0.4) is 0 Å². The standard InChI is InChI=1S/C16H18N4O3S2/c1-12(11-17)24-16-19-18-15(23-16)13-6-5-7-14(10-13)25(21,22)20-8-3-2-4-9-20/h5-7,10,12H,2-4,8-9H2,1H3/t12-/m1/s1. The van der Waals surface area contributed by atoms with Gasteiger partial charge in [-0.3, -0.25) is 0 Å². The number of thioether (sulfide) groups is 1. The Morgan fingerprint density at radius 1 is 1.28 bits per heavy atom. The van der Waals surface area contributed by atoms with E-state index in [1.807, 2.05) is 0 Å². The highest BCUT2D eigenvalue weighted by molar-refractivity contribution is 7.99. The molecule has 3 rings (SSSR count). The molecule has 0 amide bonds. The number of aromatic nitrogens is 2. The molecule has 1 aliphatic heterocycles. The van der Waals surface area contributed by atoms with Crippen LogP contribution in [0.4, 0.5) is 0 Å². The molecule has 0 spiro atoms. The van der Waals surface area contributed by atoms with Gasteiger partial charge in [-0.2, -0.15) is 9.57 Å². The van der Waals surface area contributed by atoms with Crippen LogP contribution in [-0.4, -0.2) is 41.3 Å². The number of rotatable bonds is 5. The molecule has 0 aliphatic carbocycles.